The van der Waals surface area contributed by atoms with Crippen molar-refractivity contribution in [1.29, 1.82) is 0 Å². The molecular formula is C9H8N2O3. The molecule has 0 aromatic carbocycles. The Bertz CT molecular complexity index is 490. The summed E-state index contributed by atoms with van der Waals surface area (Å²) in [5, 5.41) is 9.37. The van der Waals surface area contributed by atoms with Gasteiger partial charge in [-0.2, -0.15) is 0 Å². The van der Waals surface area contributed by atoms with Crippen LogP contribution in [0.25, 0.3) is 11.1 Å². The van der Waals surface area contributed by atoms with E-state index < -0.39 is 5.97 Å². The van der Waals surface area contributed by atoms with Crippen LogP contribution in [-0.2, 0) is 6.54 Å². The third-order valence-corrected chi connectivity index (χ3v) is 1.87. The zero-order valence-corrected chi connectivity index (χ0v) is 7.23. The quantitative estimate of drug-likeness (QED) is 0.740. The maximum absolute atomic E-state index is 10.6. The Hall–Kier alpha value is -1.88. The summed E-state index contributed by atoms with van der Waals surface area (Å²) in [6, 6.07) is 3.20. The van der Waals surface area contributed by atoms with Crippen LogP contribution in [0.5, 0.6) is 0 Å². The molecule has 2 rings (SSSR count). The Kier molecular flexibility index (Phi) is 1.94. The Balaban J connectivity index is 2.59. The molecule has 0 spiro atoms. The number of fused-ring (bicyclic) bond motifs is 1. The highest BCUT2D eigenvalue weighted by Crippen LogP contribution is 2.17. The van der Waals surface area contributed by atoms with E-state index in [9.17, 15) is 4.79 Å². The maximum Gasteiger partial charge on any atom is 0.337 e. The lowest BCUT2D eigenvalue weighted by atomic mass is 10.2. The average molecular weight is 192 g/mol. The standard InChI is InChI=1S/C9H8N2O3/c10-3-7-2-5-1-6(9(12)13)4-11-8(5)14-7/h1-2,4H,3,10H2,(H,12,13). The molecule has 0 aliphatic heterocycles. The van der Waals surface area contributed by atoms with E-state index in [1.54, 1.807) is 6.07 Å². The van der Waals surface area contributed by atoms with Crippen LogP contribution < -0.4 is 5.73 Å². The predicted molar refractivity (Wildman–Crippen MR) is 48.9 cm³/mol. The van der Waals surface area contributed by atoms with Gasteiger partial charge in [0.25, 0.3) is 0 Å². The van der Waals surface area contributed by atoms with E-state index in [0.29, 0.717) is 16.9 Å². The van der Waals surface area contributed by atoms with Crippen LogP contribution in [-0.4, -0.2) is 16.1 Å². The molecule has 0 amide bonds. The van der Waals surface area contributed by atoms with Crippen molar-refractivity contribution in [2.45, 2.75) is 6.54 Å². The summed E-state index contributed by atoms with van der Waals surface area (Å²) >= 11 is 0. The molecule has 0 saturated carbocycles. The molecule has 3 N–H and O–H groups in total. The minimum atomic E-state index is -1.00. The molecule has 2 aromatic heterocycles. The third-order valence-electron chi connectivity index (χ3n) is 1.87. The van der Waals surface area contributed by atoms with Gasteiger partial charge in [0, 0.05) is 11.6 Å². The predicted octanol–water partition coefficient (Wildman–Crippen LogP) is 0.985. The molecule has 14 heavy (non-hydrogen) atoms. The van der Waals surface area contributed by atoms with Gasteiger partial charge >= 0.3 is 5.97 Å². The second kappa shape index (κ2) is 3.12. The number of hydrogen-bond donors (Lipinski definition) is 2. The number of aromatic carboxylic acids is 1. The third kappa shape index (κ3) is 1.33. The molecule has 0 unspecified atom stereocenters. The second-order valence-corrected chi connectivity index (χ2v) is 2.84. The van der Waals surface area contributed by atoms with Crippen LogP contribution >= 0.6 is 0 Å². The van der Waals surface area contributed by atoms with Gasteiger partial charge in [0.05, 0.1) is 12.1 Å². The largest absolute Gasteiger partial charge is 0.478 e. The molecule has 0 radical (unpaired) electrons. The highest BCUT2D eigenvalue weighted by Gasteiger charge is 2.08. The van der Waals surface area contributed by atoms with E-state index in [2.05, 4.69) is 4.98 Å². The molecule has 0 bridgehead atoms. The van der Waals surface area contributed by atoms with Gasteiger partial charge in [0.1, 0.15) is 5.76 Å². The highest BCUT2D eigenvalue weighted by molar-refractivity contribution is 5.91. The first kappa shape index (κ1) is 8.71. The van der Waals surface area contributed by atoms with Gasteiger partial charge in [-0.3, -0.25) is 0 Å². The van der Waals surface area contributed by atoms with Gasteiger partial charge in [0.2, 0.25) is 5.71 Å². The molecule has 0 aliphatic carbocycles. The highest BCUT2D eigenvalue weighted by atomic mass is 16.4. The van der Waals surface area contributed by atoms with Gasteiger partial charge in [-0.15, -0.1) is 0 Å². The van der Waals surface area contributed by atoms with Gasteiger partial charge in [0.15, 0.2) is 0 Å². The average Bonchev–Trinajstić information content (AvgIpc) is 2.58. The van der Waals surface area contributed by atoms with E-state index in [1.807, 2.05) is 0 Å². The van der Waals surface area contributed by atoms with Gasteiger partial charge in [-0.05, 0) is 12.1 Å². The van der Waals surface area contributed by atoms with E-state index in [-0.39, 0.29) is 12.1 Å². The van der Waals surface area contributed by atoms with Crippen molar-refractivity contribution in [1.82, 2.24) is 4.98 Å². The lowest BCUT2D eigenvalue weighted by Gasteiger charge is -1.91. The topological polar surface area (TPSA) is 89.4 Å². The van der Waals surface area contributed by atoms with Crippen molar-refractivity contribution in [3.05, 3.63) is 29.7 Å². The summed E-state index contributed by atoms with van der Waals surface area (Å²) in [7, 11) is 0. The number of rotatable bonds is 2. The molecule has 0 fully saturated rings. The number of furan rings is 1. The first-order valence-corrected chi connectivity index (χ1v) is 4.02. The fourth-order valence-corrected chi connectivity index (χ4v) is 1.20. The van der Waals surface area contributed by atoms with Gasteiger partial charge in [-0.1, -0.05) is 0 Å². The van der Waals surface area contributed by atoms with E-state index in [1.165, 1.54) is 12.3 Å². The Morgan fingerprint density at radius 1 is 1.57 bits per heavy atom. The molecule has 0 saturated heterocycles. The normalized spacial score (nSPS) is 10.6. The van der Waals surface area contributed by atoms with Crippen LogP contribution in [0.3, 0.4) is 0 Å². The monoisotopic (exact) mass is 192 g/mol. The molecule has 5 heteroatoms. The van der Waals surface area contributed by atoms with E-state index in [4.69, 9.17) is 15.3 Å². The zero-order valence-electron chi connectivity index (χ0n) is 7.23. The number of nitrogens with two attached hydrogens (primary N) is 1. The molecule has 0 atom stereocenters. The van der Waals surface area contributed by atoms with E-state index >= 15 is 0 Å². The van der Waals surface area contributed by atoms with Crippen LogP contribution in [0, 0.1) is 0 Å². The SMILES string of the molecule is NCc1cc2cc(C(=O)O)cnc2o1. The van der Waals surface area contributed by atoms with Crippen molar-refractivity contribution in [2.24, 2.45) is 5.73 Å². The first-order valence-electron chi connectivity index (χ1n) is 4.02. The van der Waals surface area contributed by atoms with Crippen LogP contribution in [0.15, 0.2) is 22.7 Å². The fourth-order valence-electron chi connectivity index (χ4n) is 1.20. The van der Waals surface area contributed by atoms with Gasteiger partial charge in [-0.25, -0.2) is 9.78 Å². The Morgan fingerprint density at radius 2 is 2.36 bits per heavy atom. The Labute approximate surface area is 79.2 Å². The number of nitrogens with zero attached hydrogens (tertiary/aromatic N) is 1. The molecule has 72 valence electrons. The Morgan fingerprint density at radius 3 is 3.00 bits per heavy atom. The molecule has 2 aromatic rings. The van der Waals surface area contributed by atoms with Crippen molar-refractivity contribution in [3.63, 3.8) is 0 Å². The van der Waals surface area contributed by atoms with Gasteiger partial charge < -0.3 is 15.3 Å². The van der Waals surface area contributed by atoms with Crippen molar-refractivity contribution in [3.8, 4) is 0 Å². The second-order valence-electron chi connectivity index (χ2n) is 2.84. The van der Waals surface area contributed by atoms with Crippen LogP contribution in [0.1, 0.15) is 16.1 Å². The zero-order chi connectivity index (χ0) is 10.1. The molecule has 0 aliphatic rings. The number of aromatic nitrogens is 1. The summed E-state index contributed by atoms with van der Waals surface area (Å²) in [4.78, 5) is 14.5. The lowest BCUT2D eigenvalue weighted by Crippen LogP contribution is -1.95. The minimum absolute atomic E-state index is 0.141. The minimum Gasteiger partial charge on any atom is -0.478 e. The summed E-state index contributed by atoms with van der Waals surface area (Å²) in [6.07, 6.45) is 1.26. The van der Waals surface area contributed by atoms with Crippen LogP contribution in [0.4, 0.5) is 0 Å². The van der Waals surface area contributed by atoms with Crippen LogP contribution in [0.2, 0.25) is 0 Å². The van der Waals surface area contributed by atoms with Crippen molar-refractivity contribution >= 4 is 17.1 Å². The summed E-state index contributed by atoms with van der Waals surface area (Å²) in [5.74, 6) is -0.412. The number of hydrogen-bond acceptors (Lipinski definition) is 4. The fraction of sp³-hybridized carbons (Fsp3) is 0.111. The van der Waals surface area contributed by atoms with Crippen molar-refractivity contribution in [2.75, 3.05) is 0 Å². The smallest absolute Gasteiger partial charge is 0.337 e. The van der Waals surface area contributed by atoms with Crippen molar-refractivity contribution < 1.29 is 14.3 Å². The van der Waals surface area contributed by atoms with E-state index in [0.717, 1.165) is 0 Å². The summed E-state index contributed by atoms with van der Waals surface area (Å²) in [5.41, 5.74) is 5.93. The number of pyridine rings is 1. The maximum atomic E-state index is 10.6. The first-order chi connectivity index (χ1) is 6.70. The summed E-state index contributed by atoms with van der Waals surface area (Å²) < 4.78 is 5.22. The number of carbonyl (C=O) groups is 1. The molecular weight excluding hydrogens is 184 g/mol. The molecule has 5 nitrogen and oxygen atoms in total. The summed E-state index contributed by atoms with van der Waals surface area (Å²) in [6.45, 7) is 0.277. The number of carboxylic acids is 1. The molecule has 2 heterocycles. The number of carboxylic acid groups (broad SMARTS) is 1. The lowest BCUT2D eigenvalue weighted by molar-refractivity contribution is 0.0696.